The number of nitro groups is 1. The molecule has 0 spiro atoms. The second-order valence-corrected chi connectivity index (χ2v) is 6.49. The van der Waals surface area contributed by atoms with Crippen LogP contribution in [0.5, 0.6) is 0 Å². The molecule has 0 aliphatic rings. The van der Waals surface area contributed by atoms with Crippen LogP contribution in [-0.4, -0.2) is 36.7 Å². The minimum atomic E-state index is -0.737. The van der Waals surface area contributed by atoms with Crippen molar-refractivity contribution in [3.05, 3.63) is 45.5 Å². The number of nitrogens with one attached hydrogen (secondary N) is 1. The van der Waals surface area contributed by atoms with Gasteiger partial charge in [-0.05, 0) is 35.0 Å². The molecule has 1 heterocycles. The first kappa shape index (κ1) is 18.2. The number of carbonyl (C=O) groups is 1. The van der Waals surface area contributed by atoms with Crippen LogP contribution in [0.4, 0.5) is 5.95 Å². The summed E-state index contributed by atoms with van der Waals surface area (Å²) in [6.45, 7) is 8.00. The van der Waals surface area contributed by atoms with Crippen molar-refractivity contribution in [2.75, 3.05) is 0 Å². The molecular formula is C15H19N7O3. The van der Waals surface area contributed by atoms with Gasteiger partial charge in [-0.25, -0.2) is 5.43 Å². The summed E-state index contributed by atoms with van der Waals surface area (Å²) >= 11 is 0. The Labute approximate surface area is 144 Å². The number of benzene rings is 1. The van der Waals surface area contributed by atoms with E-state index in [-0.39, 0.29) is 17.9 Å². The highest BCUT2D eigenvalue weighted by Crippen LogP contribution is 2.22. The highest BCUT2D eigenvalue weighted by molar-refractivity contribution is 5.95. The van der Waals surface area contributed by atoms with E-state index in [0.29, 0.717) is 11.3 Å². The largest absolute Gasteiger partial charge is 0.514 e. The zero-order valence-corrected chi connectivity index (χ0v) is 14.4. The molecule has 0 fully saturated rings. The molecule has 0 atom stereocenters. The maximum atomic E-state index is 12.1. The lowest BCUT2D eigenvalue weighted by molar-refractivity contribution is -0.394. The Morgan fingerprint density at radius 3 is 2.48 bits per heavy atom. The summed E-state index contributed by atoms with van der Waals surface area (Å²) in [5.74, 6) is -0.937. The smallest absolute Gasteiger partial charge is 0.390 e. The Balaban J connectivity index is 1.97. The Bertz CT molecular complexity index is 803. The maximum absolute atomic E-state index is 12.1. The third kappa shape index (κ3) is 4.90. The Kier molecular flexibility index (Phi) is 5.20. The topological polar surface area (TPSA) is 128 Å². The molecular weight excluding hydrogens is 326 g/mol. The van der Waals surface area contributed by atoms with Gasteiger partial charge in [0.2, 0.25) is 0 Å². The van der Waals surface area contributed by atoms with Gasteiger partial charge >= 0.3 is 5.95 Å². The second-order valence-electron chi connectivity index (χ2n) is 6.49. The van der Waals surface area contributed by atoms with E-state index in [2.05, 4.69) is 46.7 Å². The molecule has 0 radical (unpaired) electrons. The van der Waals surface area contributed by atoms with Crippen molar-refractivity contribution in [2.24, 2.45) is 5.10 Å². The third-order valence-corrected chi connectivity index (χ3v) is 3.34. The van der Waals surface area contributed by atoms with E-state index in [4.69, 9.17) is 0 Å². The summed E-state index contributed by atoms with van der Waals surface area (Å²) < 4.78 is 0. The number of carbonyl (C=O) groups excluding carboxylic acids is 1. The maximum Gasteiger partial charge on any atom is 0.514 e. The number of tetrazole rings is 1. The van der Waals surface area contributed by atoms with Crippen LogP contribution in [0.2, 0.25) is 0 Å². The van der Waals surface area contributed by atoms with Crippen LogP contribution in [0.15, 0.2) is 29.4 Å². The van der Waals surface area contributed by atoms with E-state index in [1.54, 1.807) is 19.1 Å². The number of aromatic nitrogens is 4. The first-order valence-electron chi connectivity index (χ1n) is 7.53. The van der Waals surface area contributed by atoms with Gasteiger partial charge in [-0.15, -0.1) is 0 Å². The molecule has 0 aliphatic carbocycles. The Hall–Kier alpha value is -3.17. The SMILES string of the molecule is C/C(Cn1nnc([N+](=O)[O-])n1)=N/NC(=O)c1ccc(C(C)(C)C)cc1. The molecule has 10 heteroatoms. The molecule has 2 aromatic rings. The lowest BCUT2D eigenvalue weighted by Gasteiger charge is -2.18. The van der Waals surface area contributed by atoms with E-state index in [1.165, 1.54) is 0 Å². The fourth-order valence-corrected chi connectivity index (χ4v) is 1.95. The number of nitrogens with zero attached hydrogens (tertiary/aromatic N) is 6. The highest BCUT2D eigenvalue weighted by Gasteiger charge is 2.16. The summed E-state index contributed by atoms with van der Waals surface area (Å²) in [6.07, 6.45) is 0. The number of hydrogen-bond acceptors (Lipinski definition) is 7. The molecule has 1 aromatic heterocycles. The van der Waals surface area contributed by atoms with Crippen molar-refractivity contribution < 1.29 is 9.72 Å². The molecule has 1 aromatic carbocycles. The van der Waals surface area contributed by atoms with Crippen molar-refractivity contribution in [1.82, 2.24) is 25.6 Å². The molecule has 0 unspecified atom stereocenters. The lowest BCUT2D eigenvalue weighted by Crippen LogP contribution is -2.21. The van der Waals surface area contributed by atoms with Crippen LogP contribution >= 0.6 is 0 Å². The Morgan fingerprint density at radius 1 is 1.32 bits per heavy atom. The van der Waals surface area contributed by atoms with Gasteiger partial charge in [0.15, 0.2) is 0 Å². The zero-order valence-electron chi connectivity index (χ0n) is 14.4. The molecule has 132 valence electrons. The van der Waals surface area contributed by atoms with Crippen LogP contribution in [0, 0.1) is 10.1 Å². The number of rotatable bonds is 5. The zero-order chi connectivity index (χ0) is 18.6. The average molecular weight is 345 g/mol. The van der Waals surface area contributed by atoms with E-state index in [0.717, 1.165) is 10.4 Å². The lowest BCUT2D eigenvalue weighted by atomic mass is 9.87. The number of hydrogen-bond donors (Lipinski definition) is 1. The predicted molar refractivity (Wildman–Crippen MR) is 90.2 cm³/mol. The molecule has 10 nitrogen and oxygen atoms in total. The highest BCUT2D eigenvalue weighted by atomic mass is 16.6. The van der Waals surface area contributed by atoms with E-state index in [9.17, 15) is 14.9 Å². The molecule has 1 N–H and O–H groups in total. The predicted octanol–water partition coefficient (Wildman–Crippen LogP) is 1.68. The van der Waals surface area contributed by atoms with Gasteiger partial charge in [0.1, 0.15) is 6.54 Å². The van der Waals surface area contributed by atoms with Gasteiger partial charge in [0, 0.05) is 10.8 Å². The van der Waals surface area contributed by atoms with Crippen molar-refractivity contribution in [3.8, 4) is 0 Å². The standard InChI is InChI=1S/C15H19N7O3/c1-10(9-21-19-14(18-20-21)22(24)25)16-17-13(23)11-5-7-12(8-6-11)15(2,3)4/h5-8H,9H2,1-4H3,(H,17,23)/b16-10-. The molecule has 0 aliphatic heterocycles. The van der Waals surface area contributed by atoms with Gasteiger partial charge in [0.05, 0.1) is 15.9 Å². The van der Waals surface area contributed by atoms with Gasteiger partial charge < -0.3 is 10.1 Å². The monoisotopic (exact) mass is 345 g/mol. The van der Waals surface area contributed by atoms with Crippen LogP contribution in [0.3, 0.4) is 0 Å². The summed E-state index contributed by atoms with van der Waals surface area (Å²) in [4.78, 5) is 22.9. The molecule has 0 bridgehead atoms. The quantitative estimate of drug-likeness (QED) is 0.499. The van der Waals surface area contributed by atoms with Gasteiger partial charge in [-0.2, -0.15) is 5.10 Å². The minimum absolute atomic E-state index is 0.0111. The average Bonchev–Trinajstić information content (AvgIpc) is 3.00. The normalized spacial score (nSPS) is 12.1. The van der Waals surface area contributed by atoms with E-state index < -0.39 is 10.9 Å². The molecule has 1 amide bonds. The van der Waals surface area contributed by atoms with Crippen LogP contribution in [-0.2, 0) is 12.0 Å². The summed E-state index contributed by atoms with van der Waals surface area (Å²) in [5.41, 5.74) is 4.52. The third-order valence-electron chi connectivity index (χ3n) is 3.34. The van der Waals surface area contributed by atoms with Crippen molar-refractivity contribution in [3.63, 3.8) is 0 Å². The summed E-state index contributed by atoms with van der Waals surface area (Å²) in [6, 6.07) is 7.29. The molecule has 0 saturated carbocycles. The fraction of sp³-hybridized carbons (Fsp3) is 0.400. The number of amides is 1. The first-order valence-corrected chi connectivity index (χ1v) is 7.53. The second kappa shape index (κ2) is 7.16. The first-order chi connectivity index (χ1) is 11.7. The summed E-state index contributed by atoms with van der Waals surface area (Å²) in [7, 11) is 0. The van der Waals surface area contributed by atoms with Gasteiger partial charge in [-0.3, -0.25) is 4.79 Å². The molecule has 25 heavy (non-hydrogen) atoms. The van der Waals surface area contributed by atoms with Crippen LogP contribution in [0.1, 0.15) is 43.6 Å². The van der Waals surface area contributed by atoms with Crippen LogP contribution in [0.25, 0.3) is 0 Å². The van der Waals surface area contributed by atoms with Gasteiger partial charge in [0.25, 0.3) is 5.91 Å². The Morgan fingerprint density at radius 2 is 1.96 bits per heavy atom. The minimum Gasteiger partial charge on any atom is -0.390 e. The van der Waals surface area contributed by atoms with Crippen molar-refractivity contribution in [1.29, 1.82) is 0 Å². The molecule has 2 rings (SSSR count). The molecule has 0 saturated heterocycles. The summed E-state index contributed by atoms with van der Waals surface area (Å²) in [5, 5.41) is 24.8. The van der Waals surface area contributed by atoms with Gasteiger partial charge in [-0.1, -0.05) is 37.7 Å². The fourth-order valence-electron chi connectivity index (χ4n) is 1.95. The van der Waals surface area contributed by atoms with Crippen LogP contribution < -0.4 is 5.43 Å². The van der Waals surface area contributed by atoms with E-state index >= 15 is 0 Å². The van der Waals surface area contributed by atoms with E-state index in [1.807, 2.05) is 12.1 Å². The number of hydrazone groups is 1. The van der Waals surface area contributed by atoms with Crippen molar-refractivity contribution in [2.45, 2.75) is 39.7 Å². The van der Waals surface area contributed by atoms with Crippen molar-refractivity contribution >= 4 is 17.6 Å².